The van der Waals surface area contributed by atoms with E-state index >= 15 is 0 Å². The molecule has 0 aromatic heterocycles. The minimum atomic E-state index is -2.15. The molecule has 0 aliphatic heterocycles. The van der Waals surface area contributed by atoms with E-state index in [9.17, 15) is 5.26 Å². The highest BCUT2D eigenvalue weighted by Gasteiger charge is 2.36. The molecule has 0 unspecified atom stereocenters. The van der Waals surface area contributed by atoms with Crippen LogP contribution < -0.4 is 28.3 Å². The molecule has 0 radical (unpaired) electrons. The molecular formula is C22H21ClNPS. The van der Waals surface area contributed by atoms with Crippen LogP contribution in [0.25, 0.3) is 0 Å². The zero-order chi connectivity index (χ0) is 17.7. The minimum absolute atomic E-state index is 0. The van der Waals surface area contributed by atoms with Gasteiger partial charge < -0.3 is 12.4 Å². The van der Waals surface area contributed by atoms with Gasteiger partial charge in [0.2, 0.25) is 4.63 Å². The molecule has 132 valence electrons. The van der Waals surface area contributed by atoms with Gasteiger partial charge in [0.15, 0.2) is 6.07 Å². The van der Waals surface area contributed by atoms with Crippen molar-refractivity contribution in [2.45, 2.75) is 0 Å². The molecule has 26 heavy (non-hydrogen) atoms. The van der Waals surface area contributed by atoms with Crippen LogP contribution in [0.2, 0.25) is 0 Å². The molecule has 0 bridgehead atoms. The molecule has 0 atom stereocenters. The fourth-order valence-electron chi connectivity index (χ4n) is 3.19. The van der Waals surface area contributed by atoms with Gasteiger partial charge in [-0.05, 0) is 15.9 Å². The predicted molar refractivity (Wildman–Crippen MR) is 115 cm³/mol. The van der Waals surface area contributed by atoms with Crippen molar-refractivity contribution in [1.82, 2.24) is 0 Å². The van der Waals surface area contributed by atoms with Crippen LogP contribution in [0.3, 0.4) is 0 Å². The highest BCUT2D eigenvalue weighted by molar-refractivity contribution is 8.22. The van der Waals surface area contributed by atoms with Gasteiger partial charge in [-0.25, -0.2) is 0 Å². The fourth-order valence-corrected chi connectivity index (χ4v) is 10.1. The van der Waals surface area contributed by atoms with Gasteiger partial charge in [0.25, 0.3) is 0 Å². The van der Waals surface area contributed by atoms with Crippen molar-refractivity contribution in [3.63, 3.8) is 0 Å². The molecule has 4 heteroatoms. The summed E-state index contributed by atoms with van der Waals surface area (Å²) in [5.41, 5.74) is 0. The van der Waals surface area contributed by atoms with E-state index in [-0.39, 0.29) is 23.3 Å². The second kappa shape index (κ2) is 9.15. The summed E-state index contributed by atoms with van der Waals surface area (Å²) < 4.78 is 0.996. The van der Waals surface area contributed by atoms with Crippen molar-refractivity contribution >= 4 is 38.3 Å². The van der Waals surface area contributed by atoms with Crippen LogP contribution in [0, 0.1) is 11.3 Å². The fraction of sp³-hybridized carbons (Fsp3) is 0.0909. The third-order valence-corrected chi connectivity index (χ3v) is 10.9. The molecule has 0 amide bonds. The van der Waals surface area contributed by atoms with Gasteiger partial charge in [0.05, 0.1) is 0 Å². The zero-order valence-corrected chi connectivity index (χ0v) is 17.3. The van der Waals surface area contributed by atoms with Crippen LogP contribution in [0.5, 0.6) is 0 Å². The number of hydrogen-bond acceptors (Lipinski definition) is 1. The monoisotopic (exact) mass is 397 g/mol. The Labute approximate surface area is 165 Å². The minimum Gasteiger partial charge on any atom is -1.00 e. The standard InChI is InChI=1S/C22H21NPS.ClH/c1-25(2)22(18-23)24(19-12-6-3-7-13-19,20-14-8-4-9-15-20)21-16-10-5-11-17-21;/h3-17H,1-2H3;1H/q+1;/p-1. The molecule has 0 spiro atoms. The van der Waals surface area contributed by atoms with Crippen LogP contribution >= 0.6 is 6.89 Å². The number of benzene rings is 3. The smallest absolute Gasteiger partial charge is 0.236 e. The normalized spacial score (nSPS) is 10.7. The summed E-state index contributed by atoms with van der Waals surface area (Å²) in [4.78, 5) is 0. The Balaban J connectivity index is 0.00000243. The van der Waals surface area contributed by atoms with Crippen molar-refractivity contribution in [3.8, 4) is 6.07 Å². The van der Waals surface area contributed by atoms with Gasteiger partial charge in [0.1, 0.15) is 12.5 Å². The molecule has 3 aromatic rings. The van der Waals surface area contributed by atoms with Crippen molar-refractivity contribution in [1.29, 1.82) is 5.26 Å². The predicted octanol–water partition coefficient (Wildman–Crippen LogP) is 0.516. The summed E-state index contributed by atoms with van der Waals surface area (Å²) in [6.45, 7) is -2.15. The van der Waals surface area contributed by atoms with Gasteiger partial charge >= 0.3 is 0 Å². The molecule has 0 aliphatic carbocycles. The quantitative estimate of drug-likeness (QED) is 0.465. The largest absolute Gasteiger partial charge is 1.00 e. The van der Waals surface area contributed by atoms with E-state index in [2.05, 4.69) is 91.4 Å². The van der Waals surface area contributed by atoms with Gasteiger partial charge in [0, 0.05) is 17.8 Å². The third kappa shape index (κ3) is 3.62. The van der Waals surface area contributed by atoms with Crippen molar-refractivity contribution in [3.05, 3.63) is 91.0 Å². The average molecular weight is 398 g/mol. The maximum atomic E-state index is 10.2. The van der Waals surface area contributed by atoms with Crippen molar-refractivity contribution in [2.24, 2.45) is 0 Å². The molecular weight excluding hydrogens is 377 g/mol. The Bertz CT molecular complexity index is 829. The van der Waals surface area contributed by atoms with E-state index in [0.717, 1.165) is 4.63 Å². The zero-order valence-electron chi connectivity index (χ0n) is 14.8. The Morgan fingerprint density at radius 3 is 1.23 bits per heavy atom. The lowest BCUT2D eigenvalue weighted by molar-refractivity contribution is -0.00000512. The first-order chi connectivity index (χ1) is 12.2. The van der Waals surface area contributed by atoms with Crippen LogP contribution in [0.4, 0.5) is 0 Å². The van der Waals surface area contributed by atoms with E-state index in [1.54, 1.807) is 0 Å². The summed E-state index contributed by atoms with van der Waals surface area (Å²) >= 11 is 0. The molecule has 3 rings (SSSR count). The van der Waals surface area contributed by atoms with Gasteiger partial charge in [-0.1, -0.05) is 91.0 Å². The number of halogens is 1. The van der Waals surface area contributed by atoms with E-state index in [0.29, 0.717) is 0 Å². The Kier molecular flexibility index (Phi) is 7.18. The molecule has 0 heterocycles. The topological polar surface area (TPSA) is 23.8 Å². The molecule has 1 nitrogen and oxygen atoms in total. The molecule has 0 saturated carbocycles. The van der Waals surface area contributed by atoms with Crippen LogP contribution in [-0.2, 0) is 10.9 Å². The van der Waals surface area contributed by atoms with E-state index in [1.165, 1.54) is 15.9 Å². The second-order valence-electron chi connectivity index (χ2n) is 5.91. The average Bonchev–Trinajstić information content (AvgIpc) is 2.68. The maximum absolute atomic E-state index is 10.2. The number of nitriles is 1. The second-order valence-corrected chi connectivity index (χ2v) is 11.6. The Hall–Kier alpha value is -1.91. The number of hydrogen-bond donors (Lipinski definition) is 0. The first-order valence-electron chi connectivity index (χ1n) is 8.12. The van der Waals surface area contributed by atoms with E-state index < -0.39 is 6.89 Å². The molecule has 0 aliphatic rings. The van der Waals surface area contributed by atoms with Gasteiger partial charge in [-0.15, -0.1) is 0 Å². The van der Waals surface area contributed by atoms with Gasteiger partial charge in [-0.3, -0.25) is 0 Å². The highest BCUT2D eigenvalue weighted by atomic mass is 35.5. The molecule has 3 aromatic carbocycles. The number of rotatable bonds is 4. The summed E-state index contributed by atoms with van der Waals surface area (Å²) in [7, 11) is -0.119. The van der Waals surface area contributed by atoms with Crippen LogP contribution in [0.15, 0.2) is 91.0 Å². The Morgan fingerprint density at radius 1 is 0.692 bits per heavy atom. The first kappa shape index (κ1) is 20.4. The Morgan fingerprint density at radius 2 is 1.00 bits per heavy atom. The van der Waals surface area contributed by atoms with Crippen molar-refractivity contribution in [2.75, 3.05) is 12.5 Å². The summed E-state index contributed by atoms with van der Waals surface area (Å²) in [5, 5.41) is 13.9. The first-order valence-corrected chi connectivity index (χ1v) is 12.0. The molecule has 0 saturated heterocycles. The lowest BCUT2D eigenvalue weighted by atomic mass is 10.4. The lowest BCUT2D eigenvalue weighted by Gasteiger charge is -2.28. The van der Waals surface area contributed by atoms with E-state index in [4.69, 9.17) is 0 Å². The van der Waals surface area contributed by atoms with Crippen LogP contribution in [-0.4, -0.2) is 17.1 Å². The summed E-state index contributed by atoms with van der Waals surface area (Å²) in [5.74, 6) is 0. The number of nitrogens with zero attached hydrogens (tertiary/aromatic N) is 1. The maximum Gasteiger partial charge on any atom is 0.236 e. The lowest BCUT2D eigenvalue weighted by Crippen LogP contribution is -3.00. The highest BCUT2D eigenvalue weighted by Crippen LogP contribution is 2.47. The van der Waals surface area contributed by atoms with Crippen LogP contribution in [0.1, 0.15) is 0 Å². The summed E-state index contributed by atoms with van der Waals surface area (Å²) in [6, 6.07) is 34.3. The summed E-state index contributed by atoms with van der Waals surface area (Å²) in [6.07, 6.45) is 4.31. The molecule has 0 N–H and O–H groups in total. The molecule has 0 fully saturated rings. The van der Waals surface area contributed by atoms with Crippen molar-refractivity contribution < 1.29 is 12.4 Å². The van der Waals surface area contributed by atoms with E-state index in [1.807, 2.05) is 18.2 Å². The van der Waals surface area contributed by atoms with Gasteiger partial charge in [-0.2, -0.15) is 5.26 Å². The SMILES string of the molecule is C[S+](C)C(C#N)=P(c1ccccc1)(c1ccccc1)c1ccccc1.[Cl-]. The third-order valence-electron chi connectivity index (χ3n) is 4.22.